The highest BCUT2D eigenvalue weighted by Crippen LogP contribution is 2.14. The van der Waals surface area contributed by atoms with Crippen LogP contribution in [0.15, 0.2) is 29.2 Å². The van der Waals surface area contributed by atoms with E-state index in [1.54, 1.807) is 0 Å². The van der Waals surface area contributed by atoms with Gasteiger partial charge in [-0.05, 0) is 30.7 Å². The van der Waals surface area contributed by atoms with Crippen LogP contribution in [0.4, 0.5) is 0 Å². The van der Waals surface area contributed by atoms with Crippen LogP contribution >= 0.6 is 0 Å². The Morgan fingerprint density at radius 2 is 1.36 bits per heavy atom. The number of rotatable bonds is 15. The van der Waals surface area contributed by atoms with Gasteiger partial charge >= 0.3 is 11.9 Å². The van der Waals surface area contributed by atoms with Gasteiger partial charge in [0.25, 0.3) is 0 Å². The number of sulfone groups is 1. The number of esters is 1. The molecule has 0 atom stereocenters. The van der Waals surface area contributed by atoms with E-state index < -0.39 is 27.5 Å². The first-order chi connectivity index (χ1) is 13.4. The predicted octanol–water partition coefficient (Wildman–Crippen LogP) is 4.62. The van der Waals surface area contributed by atoms with Crippen molar-refractivity contribution < 1.29 is 27.9 Å². The van der Waals surface area contributed by atoms with E-state index in [1.165, 1.54) is 69.2 Å². The number of ether oxygens (including phenoxy) is 1. The van der Waals surface area contributed by atoms with Crippen LogP contribution in [0.2, 0.25) is 0 Å². The summed E-state index contributed by atoms with van der Waals surface area (Å²) in [5.74, 6) is -2.90. The van der Waals surface area contributed by atoms with E-state index in [0.717, 1.165) is 19.3 Å². The van der Waals surface area contributed by atoms with Gasteiger partial charge in [-0.3, -0.25) is 4.79 Å². The minimum Gasteiger partial charge on any atom is -0.480 e. The van der Waals surface area contributed by atoms with Crippen LogP contribution < -0.4 is 0 Å². The number of carboxylic acids is 1. The third-order valence-electron chi connectivity index (χ3n) is 4.49. The molecule has 1 aromatic carbocycles. The van der Waals surface area contributed by atoms with E-state index in [2.05, 4.69) is 6.92 Å². The zero-order valence-corrected chi connectivity index (χ0v) is 17.5. The van der Waals surface area contributed by atoms with Crippen LogP contribution in [0.3, 0.4) is 0 Å². The summed E-state index contributed by atoms with van der Waals surface area (Å²) in [6, 6.07) is 5.15. The molecule has 0 radical (unpaired) electrons. The lowest BCUT2D eigenvalue weighted by Crippen LogP contribution is -2.15. The van der Waals surface area contributed by atoms with Gasteiger partial charge in [-0.25, -0.2) is 13.2 Å². The molecule has 0 heterocycles. The van der Waals surface area contributed by atoms with Crippen molar-refractivity contribution in [1.29, 1.82) is 0 Å². The molecule has 0 aliphatic heterocycles. The minimum absolute atomic E-state index is 0.124. The van der Waals surface area contributed by atoms with Crippen molar-refractivity contribution >= 4 is 21.8 Å². The molecule has 0 saturated carbocycles. The van der Waals surface area contributed by atoms with Crippen molar-refractivity contribution in [2.24, 2.45) is 0 Å². The lowest BCUT2D eigenvalue weighted by Gasteiger charge is -2.06. The van der Waals surface area contributed by atoms with Crippen LogP contribution in [-0.2, 0) is 19.4 Å². The van der Waals surface area contributed by atoms with Crippen molar-refractivity contribution in [2.45, 2.75) is 76.0 Å². The topological polar surface area (TPSA) is 97.7 Å². The molecule has 1 aromatic rings. The van der Waals surface area contributed by atoms with Gasteiger partial charge in [0.2, 0.25) is 0 Å². The molecule has 28 heavy (non-hydrogen) atoms. The maximum absolute atomic E-state index is 12.0. The summed E-state index contributed by atoms with van der Waals surface area (Å²) in [5, 5.41) is 8.63. The van der Waals surface area contributed by atoms with E-state index in [4.69, 9.17) is 9.84 Å². The third kappa shape index (κ3) is 9.88. The van der Waals surface area contributed by atoms with Crippen molar-refractivity contribution in [3.05, 3.63) is 29.8 Å². The largest absolute Gasteiger partial charge is 0.480 e. The van der Waals surface area contributed by atoms with Crippen molar-refractivity contribution in [3.63, 3.8) is 0 Å². The molecule has 7 heteroatoms. The molecular weight excluding hydrogens is 380 g/mol. The molecule has 0 amide bonds. The molecule has 0 aliphatic carbocycles. The van der Waals surface area contributed by atoms with Crippen LogP contribution in [0, 0.1) is 0 Å². The number of benzene rings is 1. The van der Waals surface area contributed by atoms with E-state index in [-0.39, 0.29) is 10.5 Å². The lowest BCUT2D eigenvalue weighted by molar-refractivity contribution is -0.134. The Hall–Kier alpha value is -1.89. The second-order valence-electron chi connectivity index (χ2n) is 7.00. The molecule has 0 bridgehead atoms. The van der Waals surface area contributed by atoms with Gasteiger partial charge in [0.05, 0.1) is 17.1 Å². The molecule has 0 unspecified atom stereocenters. The molecule has 0 aliphatic rings. The maximum Gasteiger partial charge on any atom is 0.338 e. The first kappa shape index (κ1) is 24.1. The summed E-state index contributed by atoms with van der Waals surface area (Å²) >= 11 is 0. The SMILES string of the molecule is CCCCCCCCCCCCOC(=O)c1ccc(S(=O)(=O)CC(=O)O)cc1. The summed E-state index contributed by atoms with van der Waals surface area (Å²) < 4.78 is 28.8. The number of hydrogen-bond donors (Lipinski definition) is 1. The number of aliphatic carboxylic acids is 1. The molecule has 0 fully saturated rings. The monoisotopic (exact) mass is 412 g/mol. The maximum atomic E-state index is 12.0. The Bertz CT molecular complexity index is 694. The van der Waals surface area contributed by atoms with Gasteiger partial charge < -0.3 is 9.84 Å². The molecule has 1 N–H and O–H groups in total. The minimum atomic E-state index is -3.89. The third-order valence-corrected chi connectivity index (χ3v) is 6.11. The summed E-state index contributed by atoms with van der Waals surface area (Å²) in [6.45, 7) is 2.56. The number of unbranched alkanes of at least 4 members (excludes halogenated alkanes) is 9. The molecule has 158 valence electrons. The summed E-state index contributed by atoms with van der Waals surface area (Å²) in [6.07, 6.45) is 12.0. The Kier molecular flexibility index (Phi) is 11.5. The average Bonchev–Trinajstić information content (AvgIpc) is 2.65. The fraction of sp³-hybridized carbons (Fsp3) is 0.619. The fourth-order valence-electron chi connectivity index (χ4n) is 2.88. The Morgan fingerprint density at radius 1 is 0.857 bits per heavy atom. The Morgan fingerprint density at radius 3 is 1.86 bits per heavy atom. The Balaban J connectivity index is 2.21. The quantitative estimate of drug-likeness (QED) is 0.333. The first-order valence-electron chi connectivity index (χ1n) is 10.1. The van der Waals surface area contributed by atoms with Crippen molar-refractivity contribution in [1.82, 2.24) is 0 Å². The molecule has 0 saturated heterocycles. The first-order valence-corrected chi connectivity index (χ1v) is 11.7. The van der Waals surface area contributed by atoms with Gasteiger partial charge in [0.15, 0.2) is 15.6 Å². The predicted molar refractivity (Wildman–Crippen MR) is 108 cm³/mol. The second-order valence-corrected chi connectivity index (χ2v) is 8.98. The number of carbonyl (C=O) groups excluding carboxylic acids is 1. The summed E-state index contributed by atoms with van der Waals surface area (Å²) in [4.78, 5) is 22.4. The van der Waals surface area contributed by atoms with Crippen LogP contribution in [0.5, 0.6) is 0 Å². The number of hydrogen-bond acceptors (Lipinski definition) is 5. The fourth-order valence-corrected chi connectivity index (χ4v) is 3.92. The van der Waals surface area contributed by atoms with E-state index >= 15 is 0 Å². The van der Waals surface area contributed by atoms with Crippen molar-refractivity contribution in [3.8, 4) is 0 Å². The second kappa shape index (κ2) is 13.3. The zero-order chi connectivity index (χ0) is 20.8. The lowest BCUT2D eigenvalue weighted by atomic mass is 10.1. The number of carbonyl (C=O) groups is 2. The highest BCUT2D eigenvalue weighted by Gasteiger charge is 2.19. The van der Waals surface area contributed by atoms with Crippen LogP contribution in [0.1, 0.15) is 81.5 Å². The molecule has 0 aromatic heterocycles. The van der Waals surface area contributed by atoms with Crippen LogP contribution in [-0.4, -0.2) is 37.8 Å². The van der Waals surface area contributed by atoms with Crippen molar-refractivity contribution in [2.75, 3.05) is 12.4 Å². The zero-order valence-electron chi connectivity index (χ0n) is 16.7. The van der Waals surface area contributed by atoms with Gasteiger partial charge in [0, 0.05) is 0 Å². The molecule has 1 rings (SSSR count). The van der Waals surface area contributed by atoms with Gasteiger partial charge in [-0.2, -0.15) is 0 Å². The van der Waals surface area contributed by atoms with Crippen LogP contribution in [0.25, 0.3) is 0 Å². The number of carboxylic acid groups (broad SMARTS) is 1. The normalized spacial score (nSPS) is 11.3. The van der Waals surface area contributed by atoms with E-state index in [1.807, 2.05) is 0 Å². The van der Waals surface area contributed by atoms with Gasteiger partial charge in [-0.15, -0.1) is 0 Å². The average molecular weight is 413 g/mol. The highest BCUT2D eigenvalue weighted by molar-refractivity contribution is 7.92. The Labute approximate surface area is 168 Å². The smallest absolute Gasteiger partial charge is 0.338 e. The standard InChI is InChI=1S/C21H32O6S/c1-2-3-4-5-6-7-8-9-10-11-16-27-21(24)18-12-14-19(15-13-18)28(25,26)17-20(22)23/h12-15H,2-11,16-17H2,1H3,(H,22,23). The summed E-state index contributed by atoms with van der Waals surface area (Å²) in [5.41, 5.74) is 0.251. The summed E-state index contributed by atoms with van der Waals surface area (Å²) in [7, 11) is -3.89. The van der Waals surface area contributed by atoms with Gasteiger partial charge in [-0.1, -0.05) is 64.7 Å². The molecule has 0 spiro atoms. The van der Waals surface area contributed by atoms with E-state index in [0.29, 0.717) is 6.61 Å². The molecule has 6 nitrogen and oxygen atoms in total. The van der Waals surface area contributed by atoms with Gasteiger partial charge in [0.1, 0.15) is 0 Å². The molecular formula is C21H32O6S. The van der Waals surface area contributed by atoms with E-state index in [9.17, 15) is 18.0 Å². The highest BCUT2D eigenvalue weighted by atomic mass is 32.2.